The summed E-state index contributed by atoms with van der Waals surface area (Å²) < 4.78 is 10.6. The van der Waals surface area contributed by atoms with Crippen molar-refractivity contribution in [2.24, 2.45) is 5.73 Å². The van der Waals surface area contributed by atoms with Crippen LogP contribution in [-0.2, 0) is 9.59 Å². The molecule has 0 radical (unpaired) electrons. The number of carbonyl (C=O) groups is 3. The Morgan fingerprint density at radius 3 is 2.60 bits per heavy atom. The second kappa shape index (κ2) is 10.2. The summed E-state index contributed by atoms with van der Waals surface area (Å²) in [5.74, 6) is -0.483. The fourth-order valence-corrected chi connectivity index (χ4v) is 3.19. The number of benzene rings is 2. The highest BCUT2D eigenvalue weighted by atomic mass is 32.2. The summed E-state index contributed by atoms with van der Waals surface area (Å²) in [6.07, 6.45) is 1.41. The van der Waals surface area contributed by atoms with E-state index in [-0.39, 0.29) is 29.9 Å². The number of rotatable bonds is 9. The smallest absolute Gasteiger partial charge is 0.291 e. The molecule has 0 aliphatic carbocycles. The fourth-order valence-electron chi connectivity index (χ4n) is 2.44. The highest BCUT2D eigenvalue weighted by molar-refractivity contribution is 8.00. The molecule has 3 rings (SSSR count). The van der Waals surface area contributed by atoms with E-state index in [4.69, 9.17) is 14.9 Å². The number of amides is 3. The van der Waals surface area contributed by atoms with E-state index >= 15 is 0 Å². The molecule has 3 aromatic rings. The maximum absolute atomic E-state index is 12.3. The molecule has 0 spiro atoms. The van der Waals surface area contributed by atoms with Crippen molar-refractivity contribution < 1.29 is 23.5 Å². The first-order valence-electron chi connectivity index (χ1n) is 8.89. The Kier molecular flexibility index (Phi) is 7.12. The Labute approximate surface area is 176 Å². The van der Waals surface area contributed by atoms with Gasteiger partial charge in [0.25, 0.3) is 11.8 Å². The van der Waals surface area contributed by atoms with Gasteiger partial charge in [-0.25, -0.2) is 0 Å². The van der Waals surface area contributed by atoms with E-state index in [0.29, 0.717) is 17.1 Å². The van der Waals surface area contributed by atoms with Crippen molar-refractivity contribution in [3.63, 3.8) is 0 Å². The molecule has 0 unspecified atom stereocenters. The van der Waals surface area contributed by atoms with Crippen LogP contribution in [0.3, 0.4) is 0 Å². The molecule has 0 fully saturated rings. The van der Waals surface area contributed by atoms with Crippen molar-refractivity contribution >= 4 is 40.9 Å². The predicted molar refractivity (Wildman–Crippen MR) is 114 cm³/mol. The number of hydrogen-bond acceptors (Lipinski definition) is 6. The van der Waals surface area contributed by atoms with Crippen LogP contribution < -0.4 is 21.1 Å². The largest absolute Gasteiger partial charge is 0.484 e. The summed E-state index contributed by atoms with van der Waals surface area (Å²) in [6.45, 7) is -0.232. The summed E-state index contributed by atoms with van der Waals surface area (Å²) in [7, 11) is 0. The number of nitrogens with one attached hydrogen (secondary N) is 2. The molecule has 8 nitrogen and oxygen atoms in total. The number of para-hydroxylation sites is 1. The van der Waals surface area contributed by atoms with Gasteiger partial charge in [0, 0.05) is 16.6 Å². The summed E-state index contributed by atoms with van der Waals surface area (Å²) in [4.78, 5) is 36.0. The molecule has 0 bridgehead atoms. The molecule has 0 atom stereocenters. The zero-order chi connectivity index (χ0) is 21.3. The second-order valence-electron chi connectivity index (χ2n) is 6.05. The maximum atomic E-state index is 12.3. The first kappa shape index (κ1) is 21.0. The van der Waals surface area contributed by atoms with Crippen LogP contribution in [0.1, 0.15) is 10.6 Å². The van der Waals surface area contributed by atoms with Gasteiger partial charge in [0.15, 0.2) is 12.4 Å². The molecule has 154 valence electrons. The SMILES string of the molecule is NC(=O)CSc1ccccc1NC(=O)COc1cccc(NC(=O)c2ccco2)c1. The van der Waals surface area contributed by atoms with E-state index in [1.807, 2.05) is 0 Å². The average molecular weight is 425 g/mol. The zero-order valence-electron chi connectivity index (χ0n) is 15.8. The quantitative estimate of drug-likeness (QED) is 0.453. The van der Waals surface area contributed by atoms with Gasteiger partial charge in [-0.1, -0.05) is 18.2 Å². The van der Waals surface area contributed by atoms with Crippen LogP contribution in [0.25, 0.3) is 0 Å². The van der Waals surface area contributed by atoms with Crippen LogP contribution in [0.2, 0.25) is 0 Å². The maximum Gasteiger partial charge on any atom is 0.291 e. The van der Waals surface area contributed by atoms with Crippen molar-refractivity contribution in [3.05, 3.63) is 72.7 Å². The van der Waals surface area contributed by atoms with Crippen LogP contribution in [0.5, 0.6) is 5.75 Å². The van der Waals surface area contributed by atoms with Gasteiger partial charge in [-0.15, -0.1) is 11.8 Å². The third-order valence-electron chi connectivity index (χ3n) is 3.74. The summed E-state index contributed by atoms with van der Waals surface area (Å²) >= 11 is 1.24. The van der Waals surface area contributed by atoms with Gasteiger partial charge in [0.1, 0.15) is 5.75 Å². The van der Waals surface area contributed by atoms with E-state index in [1.165, 1.54) is 18.0 Å². The summed E-state index contributed by atoms with van der Waals surface area (Å²) in [5.41, 5.74) is 6.24. The molecule has 0 aliphatic rings. The van der Waals surface area contributed by atoms with Gasteiger partial charge < -0.3 is 25.5 Å². The van der Waals surface area contributed by atoms with Gasteiger partial charge in [0.05, 0.1) is 17.7 Å². The lowest BCUT2D eigenvalue weighted by atomic mass is 10.3. The first-order chi connectivity index (χ1) is 14.5. The second-order valence-corrected chi connectivity index (χ2v) is 7.06. The van der Waals surface area contributed by atoms with E-state index in [1.54, 1.807) is 60.7 Å². The molecular weight excluding hydrogens is 406 g/mol. The molecule has 1 heterocycles. The monoisotopic (exact) mass is 425 g/mol. The van der Waals surface area contributed by atoms with E-state index in [0.717, 1.165) is 4.90 Å². The first-order valence-corrected chi connectivity index (χ1v) is 9.87. The van der Waals surface area contributed by atoms with Crippen LogP contribution in [0.4, 0.5) is 11.4 Å². The highest BCUT2D eigenvalue weighted by Crippen LogP contribution is 2.26. The van der Waals surface area contributed by atoms with Gasteiger partial charge in [-0.2, -0.15) is 0 Å². The van der Waals surface area contributed by atoms with Crippen LogP contribution in [0, 0.1) is 0 Å². The molecule has 9 heteroatoms. The van der Waals surface area contributed by atoms with Gasteiger partial charge in [-0.3, -0.25) is 14.4 Å². The Balaban J connectivity index is 1.55. The van der Waals surface area contributed by atoms with Crippen LogP contribution in [0.15, 0.2) is 76.2 Å². The van der Waals surface area contributed by atoms with Crippen molar-refractivity contribution in [2.75, 3.05) is 23.0 Å². The van der Waals surface area contributed by atoms with E-state index in [2.05, 4.69) is 10.6 Å². The summed E-state index contributed by atoms with van der Waals surface area (Å²) in [5, 5.41) is 5.44. The number of thioether (sulfide) groups is 1. The van der Waals surface area contributed by atoms with Gasteiger partial charge in [-0.05, 0) is 36.4 Å². The normalized spacial score (nSPS) is 10.3. The molecule has 4 N–H and O–H groups in total. The number of carbonyl (C=O) groups excluding carboxylic acids is 3. The minimum atomic E-state index is -0.441. The lowest BCUT2D eigenvalue weighted by Gasteiger charge is -2.11. The standard InChI is InChI=1S/C21H19N3O5S/c22-19(25)13-30-18-9-2-1-7-16(18)24-20(26)12-29-15-6-3-5-14(11-15)23-21(27)17-8-4-10-28-17/h1-11H,12-13H2,(H2,22,25)(H,23,27)(H,24,26). The number of anilines is 2. The number of furan rings is 1. The van der Waals surface area contributed by atoms with Gasteiger partial charge in [0.2, 0.25) is 5.91 Å². The fraction of sp³-hybridized carbons (Fsp3) is 0.0952. The van der Waals surface area contributed by atoms with Crippen molar-refractivity contribution in [1.29, 1.82) is 0 Å². The molecular formula is C21H19N3O5S. The van der Waals surface area contributed by atoms with Crippen molar-refractivity contribution in [1.82, 2.24) is 0 Å². The minimum Gasteiger partial charge on any atom is -0.484 e. The number of primary amides is 1. The Morgan fingerprint density at radius 1 is 1.00 bits per heavy atom. The van der Waals surface area contributed by atoms with Crippen LogP contribution in [-0.4, -0.2) is 30.1 Å². The lowest BCUT2D eigenvalue weighted by molar-refractivity contribution is -0.118. The Morgan fingerprint density at radius 2 is 1.83 bits per heavy atom. The Bertz CT molecular complexity index is 1040. The third-order valence-corrected chi connectivity index (χ3v) is 4.83. The molecule has 0 aliphatic heterocycles. The Hall–Kier alpha value is -3.72. The predicted octanol–water partition coefficient (Wildman–Crippen LogP) is 3.13. The highest BCUT2D eigenvalue weighted by Gasteiger charge is 2.11. The van der Waals surface area contributed by atoms with Gasteiger partial charge >= 0.3 is 0 Å². The molecule has 0 saturated heterocycles. The molecule has 1 aromatic heterocycles. The average Bonchev–Trinajstić information content (AvgIpc) is 3.27. The number of nitrogens with two attached hydrogens (primary N) is 1. The minimum absolute atomic E-state index is 0.111. The molecule has 2 aromatic carbocycles. The number of ether oxygens (including phenoxy) is 1. The molecule has 0 saturated carbocycles. The zero-order valence-corrected chi connectivity index (χ0v) is 16.6. The van der Waals surface area contributed by atoms with Crippen molar-refractivity contribution in [2.45, 2.75) is 4.90 Å². The van der Waals surface area contributed by atoms with E-state index < -0.39 is 5.91 Å². The lowest BCUT2D eigenvalue weighted by Crippen LogP contribution is -2.20. The van der Waals surface area contributed by atoms with Crippen molar-refractivity contribution in [3.8, 4) is 5.75 Å². The number of hydrogen-bond donors (Lipinski definition) is 3. The summed E-state index contributed by atoms with van der Waals surface area (Å²) in [6, 6.07) is 16.9. The molecule has 30 heavy (non-hydrogen) atoms. The van der Waals surface area contributed by atoms with Crippen LogP contribution >= 0.6 is 11.8 Å². The topological polar surface area (TPSA) is 124 Å². The molecule has 3 amide bonds. The van der Waals surface area contributed by atoms with E-state index in [9.17, 15) is 14.4 Å². The third kappa shape index (κ3) is 6.14.